The number of nitrogens with zero attached hydrogens (tertiary/aromatic N) is 4. The molecule has 11 heavy (non-hydrogen) atoms. The van der Waals surface area contributed by atoms with Crippen LogP contribution in [0.25, 0.3) is 0 Å². The molecule has 0 radical (unpaired) electrons. The van der Waals surface area contributed by atoms with Crippen LogP contribution in [-0.4, -0.2) is 21.3 Å². The molecule has 5 heteroatoms. The molecule has 1 aromatic rings. The predicted octanol–water partition coefficient (Wildman–Crippen LogP) is -0.747. The Morgan fingerprint density at radius 3 is 3.27 bits per heavy atom. The second-order valence-electron chi connectivity index (χ2n) is 2.36. The molecule has 0 spiro atoms. The molecule has 0 saturated heterocycles. The maximum Gasteiger partial charge on any atom is 0.252 e. The molecule has 0 fully saturated rings. The fourth-order valence-corrected chi connectivity index (χ4v) is 1.12. The molecule has 0 amide bonds. The van der Waals surface area contributed by atoms with Gasteiger partial charge in [0, 0.05) is 6.54 Å². The average molecular weight is 149 g/mol. The summed E-state index contributed by atoms with van der Waals surface area (Å²) in [6.07, 6.45) is 0. The fourth-order valence-electron chi connectivity index (χ4n) is 1.12. The minimum Gasteiger partial charge on any atom is -0.308 e. The molecule has 0 aliphatic carbocycles. The van der Waals surface area contributed by atoms with Gasteiger partial charge in [0.2, 0.25) is 0 Å². The Kier molecular flexibility index (Phi) is 1.33. The number of nitrogens with one attached hydrogen (secondary N) is 1. The molecule has 1 aromatic heterocycles. The van der Waals surface area contributed by atoms with Crippen LogP contribution in [0.15, 0.2) is 0 Å². The summed E-state index contributed by atoms with van der Waals surface area (Å²) in [4.78, 5) is 4.00. The zero-order chi connectivity index (χ0) is 7.68. The Morgan fingerprint density at radius 2 is 2.55 bits per heavy atom. The van der Waals surface area contributed by atoms with Gasteiger partial charge in [-0.2, -0.15) is 5.26 Å². The second-order valence-corrected chi connectivity index (χ2v) is 2.36. The van der Waals surface area contributed by atoms with E-state index in [0.717, 1.165) is 18.9 Å². The van der Waals surface area contributed by atoms with Gasteiger partial charge >= 0.3 is 0 Å². The first-order valence-electron chi connectivity index (χ1n) is 3.44. The van der Waals surface area contributed by atoms with Gasteiger partial charge in [0.05, 0.1) is 13.1 Å². The van der Waals surface area contributed by atoms with Gasteiger partial charge in [0.15, 0.2) is 0 Å². The Balaban J connectivity index is 2.42. The maximum atomic E-state index is 8.48. The number of rotatable bonds is 0. The largest absolute Gasteiger partial charge is 0.308 e. The quantitative estimate of drug-likeness (QED) is 0.527. The summed E-state index contributed by atoms with van der Waals surface area (Å²) in [5.41, 5.74) is 0. The zero-order valence-corrected chi connectivity index (χ0v) is 5.91. The molecular weight excluding hydrogens is 142 g/mol. The lowest BCUT2D eigenvalue weighted by Crippen LogP contribution is -2.28. The topological polar surface area (TPSA) is 66.5 Å². The maximum absolute atomic E-state index is 8.48. The minimum atomic E-state index is 0.267. The Labute approximate surface area is 63.7 Å². The van der Waals surface area contributed by atoms with Crippen molar-refractivity contribution in [1.82, 2.24) is 20.1 Å². The lowest BCUT2D eigenvalue weighted by atomic mass is 10.4. The molecule has 1 aliphatic rings. The van der Waals surface area contributed by atoms with E-state index < -0.39 is 0 Å². The number of aromatic nitrogens is 3. The molecule has 56 valence electrons. The van der Waals surface area contributed by atoms with E-state index in [-0.39, 0.29) is 5.82 Å². The third kappa shape index (κ3) is 0.972. The van der Waals surface area contributed by atoms with Crippen LogP contribution < -0.4 is 5.32 Å². The summed E-state index contributed by atoms with van der Waals surface area (Å²) in [6, 6.07) is 1.91. The number of fused-ring (bicyclic) bond motifs is 1. The molecule has 0 atom stereocenters. The van der Waals surface area contributed by atoms with Crippen molar-refractivity contribution in [1.29, 1.82) is 5.26 Å². The van der Waals surface area contributed by atoms with Crippen molar-refractivity contribution in [3.05, 3.63) is 11.6 Å². The van der Waals surface area contributed by atoms with Crippen molar-refractivity contribution in [3.8, 4) is 6.07 Å². The minimum absolute atomic E-state index is 0.267. The highest BCUT2D eigenvalue weighted by atomic mass is 15.4. The summed E-state index contributed by atoms with van der Waals surface area (Å²) in [5, 5.41) is 15.6. The average Bonchev–Trinajstić information content (AvgIpc) is 2.46. The second kappa shape index (κ2) is 2.32. The SMILES string of the molecule is N#Cc1nc2n(n1)CCNC2. The number of hydrogen-bond acceptors (Lipinski definition) is 4. The lowest BCUT2D eigenvalue weighted by Gasteiger charge is -2.11. The summed E-state index contributed by atoms with van der Waals surface area (Å²) in [6.45, 7) is 2.43. The van der Waals surface area contributed by atoms with Crippen molar-refractivity contribution in [3.63, 3.8) is 0 Å². The van der Waals surface area contributed by atoms with E-state index in [2.05, 4.69) is 15.4 Å². The van der Waals surface area contributed by atoms with Gasteiger partial charge in [-0.3, -0.25) is 0 Å². The monoisotopic (exact) mass is 149 g/mol. The van der Waals surface area contributed by atoms with E-state index in [9.17, 15) is 0 Å². The van der Waals surface area contributed by atoms with E-state index >= 15 is 0 Å². The van der Waals surface area contributed by atoms with Crippen LogP contribution in [0.3, 0.4) is 0 Å². The molecule has 2 rings (SSSR count). The summed E-state index contributed by atoms with van der Waals surface area (Å²) < 4.78 is 1.77. The van der Waals surface area contributed by atoms with Crippen molar-refractivity contribution < 1.29 is 0 Å². The van der Waals surface area contributed by atoms with Gasteiger partial charge in [0.1, 0.15) is 11.9 Å². The van der Waals surface area contributed by atoms with Gasteiger partial charge in [-0.1, -0.05) is 0 Å². The highest BCUT2D eigenvalue weighted by Gasteiger charge is 2.11. The van der Waals surface area contributed by atoms with Gasteiger partial charge in [-0.05, 0) is 0 Å². The van der Waals surface area contributed by atoms with Crippen LogP contribution in [-0.2, 0) is 13.1 Å². The van der Waals surface area contributed by atoms with E-state index in [1.54, 1.807) is 4.68 Å². The van der Waals surface area contributed by atoms with Crippen LogP contribution >= 0.6 is 0 Å². The normalized spacial score (nSPS) is 15.5. The number of hydrogen-bond donors (Lipinski definition) is 1. The first kappa shape index (κ1) is 6.31. The third-order valence-corrected chi connectivity index (χ3v) is 1.63. The summed E-state index contributed by atoms with van der Waals surface area (Å²) in [7, 11) is 0. The third-order valence-electron chi connectivity index (χ3n) is 1.63. The molecule has 1 N–H and O–H groups in total. The molecule has 0 bridgehead atoms. The van der Waals surface area contributed by atoms with Crippen LogP contribution in [0.2, 0.25) is 0 Å². The first-order chi connectivity index (χ1) is 5.40. The van der Waals surface area contributed by atoms with Gasteiger partial charge in [-0.15, -0.1) is 5.10 Å². The van der Waals surface area contributed by atoms with Crippen LogP contribution in [0.5, 0.6) is 0 Å². The van der Waals surface area contributed by atoms with E-state index in [1.165, 1.54) is 0 Å². The van der Waals surface area contributed by atoms with Crippen molar-refractivity contribution in [2.24, 2.45) is 0 Å². The number of nitriles is 1. The van der Waals surface area contributed by atoms with Crippen LogP contribution in [0, 0.1) is 11.3 Å². The van der Waals surface area contributed by atoms with Crippen LogP contribution in [0.1, 0.15) is 11.6 Å². The molecule has 2 heterocycles. The van der Waals surface area contributed by atoms with E-state index in [0.29, 0.717) is 6.54 Å². The Hall–Kier alpha value is -1.41. The first-order valence-corrected chi connectivity index (χ1v) is 3.44. The van der Waals surface area contributed by atoms with Gasteiger partial charge in [-0.25, -0.2) is 9.67 Å². The fraction of sp³-hybridized carbons (Fsp3) is 0.500. The van der Waals surface area contributed by atoms with E-state index in [4.69, 9.17) is 5.26 Å². The molecule has 5 nitrogen and oxygen atoms in total. The standard InChI is InChI=1S/C6H7N5/c7-3-5-9-6-4-8-1-2-11(6)10-5/h8H,1-2,4H2. The van der Waals surface area contributed by atoms with Crippen molar-refractivity contribution in [2.45, 2.75) is 13.1 Å². The lowest BCUT2D eigenvalue weighted by molar-refractivity contribution is 0.468. The summed E-state index contributed by atoms with van der Waals surface area (Å²) in [5.74, 6) is 1.12. The molecule has 0 unspecified atom stereocenters. The van der Waals surface area contributed by atoms with Crippen molar-refractivity contribution >= 4 is 0 Å². The Morgan fingerprint density at radius 1 is 1.64 bits per heavy atom. The molecule has 0 saturated carbocycles. The highest BCUT2D eigenvalue weighted by Crippen LogP contribution is 2.00. The van der Waals surface area contributed by atoms with Crippen molar-refractivity contribution in [2.75, 3.05) is 6.54 Å². The van der Waals surface area contributed by atoms with Crippen LogP contribution in [0.4, 0.5) is 0 Å². The molecular formula is C6H7N5. The molecule has 0 aromatic carbocycles. The Bertz CT molecular complexity index is 284. The smallest absolute Gasteiger partial charge is 0.252 e. The van der Waals surface area contributed by atoms with Gasteiger partial charge in [0.25, 0.3) is 5.82 Å². The zero-order valence-electron chi connectivity index (χ0n) is 5.91. The van der Waals surface area contributed by atoms with E-state index in [1.807, 2.05) is 6.07 Å². The summed E-state index contributed by atoms with van der Waals surface area (Å²) >= 11 is 0. The highest BCUT2D eigenvalue weighted by molar-refractivity contribution is 5.09. The van der Waals surface area contributed by atoms with Gasteiger partial charge < -0.3 is 5.32 Å². The molecule has 1 aliphatic heterocycles. The predicted molar refractivity (Wildman–Crippen MR) is 36.4 cm³/mol.